The number of aromatic nitrogens is 2. The number of halogens is 3. The molecule has 0 aliphatic rings. The molecule has 0 aliphatic heterocycles. The van der Waals surface area contributed by atoms with Crippen LogP contribution in [-0.2, 0) is 6.18 Å². The number of rotatable bonds is 6. The van der Waals surface area contributed by atoms with Gasteiger partial charge in [-0.2, -0.15) is 13.2 Å². The van der Waals surface area contributed by atoms with E-state index in [1.165, 1.54) is 30.3 Å². The molecule has 1 heterocycles. The summed E-state index contributed by atoms with van der Waals surface area (Å²) in [6.45, 7) is 6.24. The fourth-order valence-corrected chi connectivity index (χ4v) is 2.68. The van der Waals surface area contributed by atoms with Gasteiger partial charge in [0.2, 0.25) is 0 Å². The average molecular weight is 444 g/mol. The minimum absolute atomic E-state index is 0.00717. The van der Waals surface area contributed by atoms with Crippen molar-refractivity contribution in [1.29, 1.82) is 0 Å². The first kappa shape index (κ1) is 22.7. The highest BCUT2D eigenvalue weighted by Crippen LogP contribution is 2.40. The number of nitrogens with two attached hydrogens (primary N) is 1. The molecule has 0 unspecified atom stereocenters. The Kier molecular flexibility index (Phi) is 6.38. The molecular formula is C21H15F3N4O4. The molecule has 2 aromatic carbocycles. The zero-order chi connectivity index (χ0) is 23.5. The number of hydrogen-bond donors (Lipinski definition) is 3. The highest BCUT2D eigenvalue weighted by Gasteiger charge is 2.34. The molecule has 0 spiro atoms. The Morgan fingerprint density at radius 3 is 2.41 bits per heavy atom. The van der Waals surface area contributed by atoms with Gasteiger partial charge in [-0.1, -0.05) is 6.07 Å². The summed E-state index contributed by atoms with van der Waals surface area (Å²) in [5.74, 6) is -1.27. The van der Waals surface area contributed by atoms with Crippen LogP contribution in [0.2, 0.25) is 0 Å². The molecule has 3 rings (SSSR count). The summed E-state index contributed by atoms with van der Waals surface area (Å²) in [5.41, 5.74) is 4.13. The third-order valence-corrected chi connectivity index (χ3v) is 4.25. The second-order valence-electron chi connectivity index (χ2n) is 6.48. The molecule has 164 valence electrons. The second kappa shape index (κ2) is 9.01. The predicted octanol–water partition coefficient (Wildman–Crippen LogP) is 3.63. The number of alkyl halides is 3. The van der Waals surface area contributed by atoms with E-state index < -0.39 is 36.1 Å². The first-order chi connectivity index (χ1) is 15.1. The molecule has 0 radical (unpaired) electrons. The van der Waals surface area contributed by atoms with Crippen LogP contribution in [0.5, 0.6) is 11.5 Å². The normalized spacial score (nSPS) is 12.1. The Morgan fingerprint density at radius 1 is 1.16 bits per heavy atom. The van der Waals surface area contributed by atoms with Crippen LogP contribution in [0.4, 0.5) is 18.9 Å². The quantitative estimate of drug-likeness (QED) is 0.499. The molecule has 1 amide bonds. The molecule has 4 N–H and O–H groups in total. The number of aliphatic hydroxyl groups excluding tert-OH is 2. The molecule has 11 heteroatoms. The molecule has 32 heavy (non-hydrogen) atoms. The van der Waals surface area contributed by atoms with E-state index in [0.29, 0.717) is 11.6 Å². The van der Waals surface area contributed by atoms with Crippen molar-refractivity contribution in [3.63, 3.8) is 0 Å². The molecule has 0 fully saturated rings. The lowest BCUT2D eigenvalue weighted by Gasteiger charge is -2.14. The maximum atomic E-state index is 13.3. The standard InChI is InChI=1S/C21H15F3N4O4/c1-26-12-4-7-18(14(8-12)21(22,23)24)32-13-5-2-11(3-6-13)20-27-15(17(30)10-29)9-16(28-20)19(25)31/h2-9,17,29-30H,10H2,(H2,25,31)/t17-/m0/s1. The van der Waals surface area contributed by atoms with E-state index in [-0.39, 0.29) is 28.6 Å². The lowest BCUT2D eigenvalue weighted by molar-refractivity contribution is -0.138. The van der Waals surface area contributed by atoms with E-state index in [1.54, 1.807) is 0 Å². The Bertz CT molecular complexity index is 1190. The van der Waals surface area contributed by atoms with Crippen molar-refractivity contribution in [3.05, 3.63) is 76.9 Å². The van der Waals surface area contributed by atoms with Crippen molar-refractivity contribution >= 4 is 11.6 Å². The van der Waals surface area contributed by atoms with E-state index in [4.69, 9.17) is 22.1 Å². The maximum absolute atomic E-state index is 13.3. The Labute approximate surface area is 179 Å². The minimum atomic E-state index is -4.72. The van der Waals surface area contributed by atoms with Crippen LogP contribution in [0.15, 0.2) is 48.5 Å². The van der Waals surface area contributed by atoms with Gasteiger partial charge in [0, 0.05) is 5.56 Å². The van der Waals surface area contributed by atoms with Crippen LogP contribution in [0, 0.1) is 6.57 Å². The summed E-state index contributed by atoms with van der Waals surface area (Å²) in [7, 11) is 0. The number of benzene rings is 2. The minimum Gasteiger partial charge on any atom is -0.457 e. The SMILES string of the molecule is [C-]#[N+]c1ccc(Oc2ccc(-c3nc(C(N)=O)cc([C@@H](O)CO)n3)cc2)c(C(F)(F)F)c1. The number of nitrogens with zero attached hydrogens (tertiary/aromatic N) is 3. The highest BCUT2D eigenvalue weighted by atomic mass is 19.4. The summed E-state index contributed by atoms with van der Waals surface area (Å²) in [5, 5.41) is 19.0. The van der Waals surface area contributed by atoms with E-state index in [9.17, 15) is 23.1 Å². The summed E-state index contributed by atoms with van der Waals surface area (Å²) < 4.78 is 45.3. The van der Waals surface area contributed by atoms with Crippen molar-refractivity contribution in [1.82, 2.24) is 9.97 Å². The smallest absolute Gasteiger partial charge is 0.418 e. The van der Waals surface area contributed by atoms with Gasteiger partial charge in [0.05, 0.1) is 24.4 Å². The molecule has 1 aromatic heterocycles. The summed E-state index contributed by atoms with van der Waals surface area (Å²) in [6, 6.07) is 9.72. The molecule has 0 saturated heterocycles. The Hall–Kier alpha value is -4.01. The van der Waals surface area contributed by atoms with Gasteiger partial charge < -0.3 is 20.7 Å². The number of carbonyl (C=O) groups excluding carboxylic acids is 1. The zero-order valence-electron chi connectivity index (χ0n) is 16.2. The van der Waals surface area contributed by atoms with Gasteiger partial charge >= 0.3 is 6.18 Å². The van der Waals surface area contributed by atoms with Gasteiger partial charge in [0.15, 0.2) is 11.5 Å². The van der Waals surface area contributed by atoms with Crippen LogP contribution in [0.3, 0.4) is 0 Å². The van der Waals surface area contributed by atoms with Gasteiger partial charge in [0.1, 0.15) is 23.3 Å². The lowest BCUT2D eigenvalue weighted by atomic mass is 10.1. The van der Waals surface area contributed by atoms with Crippen molar-refractivity contribution in [3.8, 4) is 22.9 Å². The van der Waals surface area contributed by atoms with E-state index in [1.807, 2.05) is 0 Å². The summed E-state index contributed by atoms with van der Waals surface area (Å²) in [4.78, 5) is 22.6. The number of primary amides is 1. The van der Waals surface area contributed by atoms with Crippen LogP contribution >= 0.6 is 0 Å². The first-order valence-corrected chi connectivity index (χ1v) is 8.97. The third-order valence-electron chi connectivity index (χ3n) is 4.25. The molecule has 0 saturated carbocycles. The molecule has 8 nitrogen and oxygen atoms in total. The van der Waals surface area contributed by atoms with Crippen molar-refractivity contribution in [2.45, 2.75) is 12.3 Å². The van der Waals surface area contributed by atoms with Gasteiger partial charge in [-0.05, 0) is 42.5 Å². The number of hydrogen-bond acceptors (Lipinski definition) is 6. The zero-order valence-corrected chi connectivity index (χ0v) is 16.2. The second-order valence-corrected chi connectivity index (χ2v) is 6.48. The van der Waals surface area contributed by atoms with E-state index >= 15 is 0 Å². The van der Waals surface area contributed by atoms with Crippen LogP contribution < -0.4 is 10.5 Å². The van der Waals surface area contributed by atoms with Crippen molar-refractivity contribution in [2.75, 3.05) is 6.61 Å². The predicted molar refractivity (Wildman–Crippen MR) is 106 cm³/mol. The van der Waals surface area contributed by atoms with Gasteiger partial charge in [-0.15, -0.1) is 0 Å². The topological polar surface area (TPSA) is 123 Å². The Balaban J connectivity index is 1.94. The van der Waals surface area contributed by atoms with Crippen molar-refractivity contribution < 1.29 is 32.9 Å². The van der Waals surface area contributed by atoms with Gasteiger partial charge in [0.25, 0.3) is 5.91 Å². The first-order valence-electron chi connectivity index (χ1n) is 8.97. The monoisotopic (exact) mass is 444 g/mol. The molecule has 3 aromatic rings. The van der Waals surface area contributed by atoms with Gasteiger partial charge in [-0.25, -0.2) is 14.8 Å². The molecule has 0 bridgehead atoms. The number of aliphatic hydroxyl groups is 2. The molecule has 1 atom stereocenters. The number of amides is 1. The number of carbonyl (C=O) groups is 1. The Morgan fingerprint density at radius 2 is 1.84 bits per heavy atom. The van der Waals surface area contributed by atoms with E-state index in [0.717, 1.165) is 12.1 Å². The van der Waals surface area contributed by atoms with Crippen LogP contribution in [0.25, 0.3) is 16.2 Å². The number of ether oxygens (including phenoxy) is 1. The van der Waals surface area contributed by atoms with Gasteiger partial charge in [-0.3, -0.25) is 4.79 Å². The summed E-state index contributed by atoms with van der Waals surface area (Å²) in [6.07, 6.45) is -6.08. The van der Waals surface area contributed by atoms with Crippen molar-refractivity contribution in [2.24, 2.45) is 5.73 Å². The van der Waals surface area contributed by atoms with Crippen LogP contribution in [-0.4, -0.2) is 32.7 Å². The van der Waals surface area contributed by atoms with E-state index in [2.05, 4.69) is 14.8 Å². The lowest BCUT2D eigenvalue weighted by Crippen LogP contribution is -2.16. The van der Waals surface area contributed by atoms with Crippen LogP contribution in [0.1, 0.15) is 27.8 Å². The largest absolute Gasteiger partial charge is 0.457 e. The fourth-order valence-electron chi connectivity index (χ4n) is 2.68. The average Bonchev–Trinajstić information content (AvgIpc) is 2.78. The third kappa shape index (κ3) is 5.00. The summed E-state index contributed by atoms with van der Waals surface area (Å²) >= 11 is 0. The fraction of sp³-hybridized carbons (Fsp3) is 0.143. The molecule has 0 aliphatic carbocycles. The highest BCUT2D eigenvalue weighted by molar-refractivity contribution is 5.91. The maximum Gasteiger partial charge on any atom is 0.418 e. The molecular weight excluding hydrogens is 429 g/mol.